The molecule has 0 aliphatic heterocycles. The van der Waals surface area contributed by atoms with Crippen LogP contribution in [0.15, 0.2) is 10.7 Å². The van der Waals surface area contributed by atoms with E-state index >= 15 is 0 Å². The quantitative estimate of drug-likeness (QED) is 0.869. The molecule has 9 heteroatoms. The van der Waals surface area contributed by atoms with E-state index in [2.05, 4.69) is 25.7 Å². The van der Waals surface area contributed by atoms with Crippen LogP contribution in [0.2, 0.25) is 0 Å². The van der Waals surface area contributed by atoms with Crippen molar-refractivity contribution in [2.75, 3.05) is 0 Å². The molecule has 1 rings (SSSR count). The molecule has 1 N–H and O–H groups in total. The van der Waals surface area contributed by atoms with Gasteiger partial charge in [0.25, 0.3) is 6.43 Å². The molecule has 0 spiro atoms. The van der Waals surface area contributed by atoms with Gasteiger partial charge in [0.05, 0.1) is 28.5 Å². The molecule has 3 nitrogen and oxygen atoms in total. The summed E-state index contributed by atoms with van der Waals surface area (Å²) in [6, 6.07) is 0. The second kappa shape index (κ2) is 5.13. The SMILES string of the molecule is OCc1ncc(OC(F)(F)F)c(Br)c1C(F)F. The molecule has 0 fully saturated rings. The summed E-state index contributed by atoms with van der Waals surface area (Å²) >= 11 is 2.57. The van der Waals surface area contributed by atoms with Crippen molar-refractivity contribution in [3.63, 3.8) is 0 Å². The number of pyridine rings is 1. The van der Waals surface area contributed by atoms with E-state index in [1.165, 1.54) is 0 Å². The fraction of sp³-hybridized carbons (Fsp3) is 0.375. The molecule has 0 unspecified atom stereocenters. The van der Waals surface area contributed by atoms with Gasteiger partial charge in [-0.15, -0.1) is 13.2 Å². The molecule has 0 saturated carbocycles. The third-order valence-corrected chi connectivity index (χ3v) is 2.51. The molecule has 0 aliphatic rings. The monoisotopic (exact) mass is 321 g/mol. The molecule has 0 aliphatic carbocycles. The van der Waals surface area contributed by atoms with Crippen molar-refractivity contribution in [2.45, 2.75) is 19.4 Å². The van der Waals surface area contributed by atoms with Crippen LogP contribution in [-0.4, -0.2) is 16.5 Å². The van der Waals surface area contributed by atoms with Crippen molar-refractivity contribution in [3.8, 4) is 5.75 Å². The normalized spacial score (nSPS) is 12.0. The Morgan fingerprint density at radius 3 is 2.41 bits per heavy atom. The van der Waals surface area contributed by atoms with Crippen LogP contribution >= 0.6 is 15.9 Å². The van der Waals surface area contributed by atoms with Crippen molar-refractivity contribution in [1.29, 1.82) is 0 Å². The summed E-state index contributed by atoms with van der Waals surface area (Å²) in [5.41, 5.74) is -1.24. The Morgan fingerprint density at radius 1 is 1.41 bits per heavy atom. The summed E-state index contributed by atoms with van der Waals surface area (Å²) in [4.78, 5) is 3.28. The molecule has 17 heavy (non-hydrogen) atoms. The standard InChI is InChI=1S/C8H5BrF5NO2/c9-6-4(17-8(12,13)14)1-15-3(2-16)5(6)7(10)11/h1,7,16H,2H2. The lowest BCUT2D eigenvalue weighted by atomic mass is 10.2. The van der Waals surface area contributed by atoms with Crippen LogP contribution in [0.4, 0.5) is 22.0 Å². The van der Waals surface area contributed by atoms with E-state index < -0.39 is 40.9 Å². The first-order valence-electron chi connectivity index (χ1n) is 4.08. The van der Waals surface area contributed by atoms with Crippen LogP contribution in [0.25, 0.3) is 0 Å². The molecule has 0 radical (unpaired) electrons. The maximum atomic E-state index is 12.6. The summed E-state index contributed by atoms with van der Waals surface area (Å²) in [6.45, 7) is -0.815. The number of ether oxygens (including phenoxy) is 1. The van der Waals surface area contributed by atoms with Crippen LogP contribution in [0.5, 0.6) is 5.75 Å². The van der Waals surface area contributed by atoms with Gasteiger partial charge in [0.15, 0.2) is 5.75 Å². The molecule has 0 bridgehead atoms. The van der Waals surface area contributed by atoms with Crippen molar-refractivity contribution in [2.24, 2.45) is 0 Å². The lowest BCUT2D eigenvalue weighted by molar-refractivity contribution is -0.275. The highest BCUT2D eigenvalue weighted by atomic mass is 79.9. The van der Waals surface area contributed by atoms with Gasteiger partial charge >= 0.3 is 6.36 Å². The first kappa shape index (κ1) is 14.1. The minimum atomic E-state index is -5.01. The molecular formula is C8H5BrF5NO2. The highest BCUT2D eigenvalue weighted by Gasteiger charge is 2.33. The highest BCUT2D eigenvalue weighted by Crippen LogP contribution is 2.38. The van der Waals surface area contributed by atoms with Crippen molar-refractivity contribution < 1.29 is 31.8 Å². The molecule has 1 aromatic heterocycles. The summed E-state index contributed by atoms with van der Waals surface area (Å²) in [5, 5.41) is 8.74. The predicted octanol–water partition coefficient (Wildman–Crippen LogP) is 3.17. The predicted molar refractivity (Wildman–Crippen MR) is 49.5 cm³/mol. The molecule has 0 saturated heterocycles. The summed E-state index contributed by atoms with van der Waals surface area (Å²) in [5.74, 6) is -0.884. The number of halogens is 6. The number of alkyl halides is 5. The van der Waals surface area contributed by atoms with Crippen molar-refractivity contribution in [3.05, 3.63) is 21.9 Å². The largest absolute Gasteiger partial charge is 0.573 e. The average Bonchev–Trinajstić information content (AvgIpc) is 2.18. The third-order valence-electron chi connectivity index (χ3n) is 1.70. The molecule has 0 atom stereocenters. The Balaban J connectivity index is 3.23. The maximum Gasteiger partial charge on any atom is 0.573 e. The number of hydrogen-bond acceptors (Lipinski definition) is 3. The van der Waals surface area contributed by atoms with Gasteiger partial charge in [0, 0.05) is 0 Å². The van der Waals surface area contributed by atoms with Gasteiger partial charge in [-0.1, -0.05) is 0 Å². The van der Waals surface area contributed by atoms with Crippen molar-refractivity contribution in [1.82, 2.24) is 4.98 Å². The minimum absolute atomic E-state index is 0.415. The first-order valence-corrected chi connectivity index (χ1v) is 4.87. The second-order valence-corrected chi connectivity index (χ2v) is 3.60. The smallest absolute Gasteiger partial charge is 0.403 e. The third kappa shape index (κ3) is 3.50. The maximum absolute atomic E-state index is 12.6. The van der Waals surface area contributed by atoms with Gasteiger partial charge in [-0.3, -0.25) is 4.98 Å². The zero-order chi connectivity index (χ0) is 13.2. The van der Waals surface area contributed by atoms with E-state index in [0.717, 1.165) is 0 Å². The van der Waals surface area contributed by atoms with E-state index in [0.29, 0.717) is 6.20 Å². The Kier molecular flexibility index (Phi) is 4.26. The number of aromatic nitrogens is 1. The van der Waals surface area contributed by atoms with E-state index in [4.69, 9.17) is 5.11 Å². The first-order chi connectivity index (χ1) is 7.76. The van der Waals surface area contributed by atoms with Gasteiger partial charge in [0.2, 0.25) is 0 Å². The zero-order valence-corrected chi connectivity index (χ0v) is 9.52. The Bertz CT molecular complexity index is 410. The number of aliphatic hydroxyl groups is 1. The lowest BCUT2D eigenvalue weighted by Gasteiger charge is -2.14. The van der Waals surface area contributed by atoms with Gasteiger partial charge < -0.3 is 9.84 Å². The molecule has 1 aromatic rings. The molecule has 1 heterocycles. The Hall–Kier alpha value is -0.960. The van der Waals surface area contributed by atoms with E-state index in [-0.39, 0.29) is 0 Å². The number of nitrogens with zero attached hydrogens (tertiary/aromatic N) is 1. The molecule has 96 valence electrons. The minimum Gasteiger partial charge on any atom is -0.403 e. The van der Waals surface area contributed by atoms with E-state index in [1.807, 2.05) is 0 Å². The number of hydrogen-bond donors (Lipinski definition) is 1. The Labute approximate surface area is 100 Å². The van der Waals surface area contributed by atoms with Crippen molar-refractivity contribution >= 4 is 15.9 Å². The summed E-state index contributed by atoms with van der Waals surface area (Å²) in [6.07, 6.45) is -7.49. The second-order valence-electron chi connectivity index (χ2n) is 2.80. The Morgan fingerprint density at radius 2 is 2.00 bits per heavy atom. The summed E-state index contributed by atoms with van der Waals surface area (Å²) in [7, 11) is 0. The topological polar surface area (TPSA) is 42.4 Å². The molecule has 0 aromatic carbocycles. The van der Waals surface area contributed by atoms with Gasteiger partial charge in [-0.25, -0.2) is 8.78 Å². The van der Waals surface area contributed by atoms with Crippen LogP contribution in [0.3, 0.4) is 0 Å². The summed E-state index contributed by atoms with van der Waals surface area (Å²) < 4.78 is 63.8. The average molecular weight is 322 g/mol. The van der Waals surface area contributed by atoms with Gasteiger partial charge in [-0.2, -0.15) is 0 Å². The lowest BCUT2D eigenvalue weighted by Crippen LogP contribution is -2.18. The van der Waals surface area contributed by atoms with Gasteiger partial charge in [-0.05, 0) is 15.9 Å². The number of rotatable bonds is 3. The molecular weight excluding hydrogens is 317 g/mol. The zero-order valence-electron chi connectivity index (χ0n) is 7.93. The van der Waals surface area contributed by atoms with Crippen LogP contribution < -0.4 is 4.74 Å². The van der Waals surface area contributed by atoms with E-state index in [9.17, 15) is 22.0 Å². The fourth-order valence-electron chi connectivity index (χ4n) is 1.07. The van der Waals surface area contributed by atoms with Gasteiger partial charge in [0.1, 0.15) is 0 Å². The molecule has 0 amide bonds. The number of aliphatic hydroxyl groups excluding tert-OH is 1. The highest BCUT2D eigenvalue weighted by molar-refractivity contribution is 9.10. The van der Waals surface area contributed by atoms with E-state index in [1.54, 1.807) is 0 Å². The van der Waals surface area contributed by atoms with Crippen LogP contribution in [0.1, 0.15) is 17.7 Å². The van der Waals surface area contributed by atoms with Crippen LogP contribution in [0, 0.1) is 0 Å². The van der Waals surface area contributed by atoms with Crippen LogP contribution in [-0.2, 0) is 6.61 Å². The fourth-order valence-corrected chi connectivity index (χ4v) is 1.65.